The lowest BCUT2D eigenvalue weighted by Gasteiger charge is -2.22. The predicted octanol–water partition coefficient (Wildman–Crippen LogP) is 1.94. The normalized spacial score (nSPS) is 19.3. The number of hydrogen-bond donors (Lipinski definition) is 2. The van der Waals surface area contributed by atoms with Gasteiger partial charge in [0, 0.05) is 12.2 Å². The highest BCUT2D eigenvalue weighted by Gasteiger charge is 2.20. The lowest BCUT2D eigenvalue weighted by Crippen LogP contribution is -2.37. The molecular formula is C14H20N2O2. The van der Waals surface area contributed by atoms with E-state index in [1.165, 1.54) is 0 Å². The van der Waals surface area contributed by atoms with E-state index in [2.05, 4.69) is 10.6 Å². The standard InChI is InChI=1S/C14H20N2O2/c1-10-8-12(5-6-13(10)18-2)16-14(17)11-4-3-7-15-9-11/h5-6,8,11,15H,3-4,7,9H2,1-2H3,(H,16,17)/t11-/m1/s1. The molecule has 1 aliphatic heterocycles. The van der Waals surface area contributed by atoms with Gasteiger partial charge in [0.25, 0.3) is 0 Å². The van der Waals surface area contributed by atoms with Gasteiger partial charge in [0.1, 0.15) is 5.75 Å². The fourth-order valence-corrected chi connectivity index (χ4v) is 2.28. The summed E-state index contributed by atoms with van der Waals surface area (Å²) in [5.41, 5.74) is 1.86. The minimum atomic E-state index is 0.0844. The van der Waals surface area contributed by atoms with Gasteiger partial charge in [-0.1, -0.05) is 0 Å². The number of methoxy groups -OCH3 is 1. The average Bonchev–Trinajstić information content (AvgIpc) is 2.40. The molecule has 1 atom stereocenters. The molecule has 2 rings (SSSR count). The first-order valence-corrected chi connectivity index (χ1v) is 6.37. The molecule has 0 saturated carbocycles. The Morgan fingerprint density at radius 3 is 2.94 bits per heavy atom. The molecular weight excluding hydrogens is 228 g/mol. The number of amides is 1. The number of aryl methyl sites for hydroxylation is 1. The highest BCUT2D eigenvalue weighted by Crippen LogP contribution is 2.22. The molecule has 0 unspecified atom stereocenters. The van der Waals surface area contributed by atoms with Crippen LogP contribution in [0.5, 0.6) is 5.75 Å². The van der Waals surface area contributed by atoms with Crippen molar-refractivity contribution in [2.75, 3.05) is 25.5 Å². The molecule has 1 aromatic carbocycles. The molecule has 4 nitrogen and oxygen atoms in total. The minimum absolute atomic E-state index is 0.0844. The van der Waals surface area contributed by atoms with E-state index in [0.717, 1.165) is 42.9 Å². The second-order valence-electron chi connectivity index (χ2n) is 4.72. The third-order valence-corrected chi connectivity index (χ3v) is 3.33. The van der Waals surface area contributed by atoms with E-state index >= 15 is 0 Å². The first kappa shape index (κ1) is 12.9. The van der Waals surface area contributed by atoms with Gasteiger partial charge in [0.2, 0.25) is 5.91 Å². The lowest BCUT2D eigenvalue weighted by molar-refractivity contribution is -0.120. The molecule has 2 N–H and O–H groups in total. The molecule has 0 aliphatic carbocycles. The lowest BCUT2D eigenvalue weighted by atomic mass is 9.99. The van der Waals surface area contributed by atoms with Crippen LogP contribution in [0.2, 0.25) is 0 Å². The number of ether oxygens (including phenoxy) is 1. The zero-order chi connectivity index (χ0) is 13.0. The molecule has 0 spiro atoms. The Hall–Kier alpha value is -1.55. The largest absolute Gasteiger partial charge is 0.496 e. The van der Waals surface area contributed by atoms with E-state index in [-0.39, 0.29) is 11.8 Å². The summed E-state index contributed by atoms with van der Waals surface area (Å²) >= 11 is 0. The molecule has 4 heteroatoms. The fraction of sp³-hybridized carbons (Fsp3) is 0.500. The smallest absolute Gasteiger partial charge is 0.228 e. The van der Waals surface area contributed by atoms with Crippen molar-refractivity contribution in [2.24, 2.45) is 5.92 Å². The summed E-state index contributed by atoms with van der Waals surface area (Å²) in [6, 6.07) is 5.69. The average molecular weight is 248 g/mol. The monoisotopic (exact) mass is 248 g/mol. The molecule has 0 radical (unpaired) electrons. The highest BCUT2D eigenvalue weighted by atomic mass is 16.5. The van der Waals surface area contributed by atoms with Crippen molar-refractivity contribution in [3.63, 3.8) is 0 Å². The van der Waals surface area contributed by atoms with Crippen molar-refractivity contribution in [3.05, 3.63) is 23.8 Å². The number of hydrogen-bond acceptors (Lipinski definition) is 3. The Labute approximate surface area is 108 Å². The van der Waals surface area contributed by atoms with Gasteiger partial charge >= 0.3 is 0 Å². The second kappa shape index (κ2) is 5.87. The maximum absolute atomic E-state index is 12.1. The fourth-order valence-electron chi connectivity index (χ4n) is 2.28. The van der Waals surface area contributed by atoms with E-state index in [9.17, 15) is 4.79 Å². The Balaban J connectivity index is 2.00. The first-order valence-electron chi connectivity index (χ1n) is 6.37. The molecule has 0 bridgehead atoms. The van der Waals surface area contributed by atoms with Crippen molar-refractivity contribution in [3.8, 4) is 5.75 Å². The van der Waals surface area contributed by atoms with Crippen LogP contribution in [0.3, 0.4) is 0 Å². The predicted molar refractivity (Wildman–Crippen MR) is 72.0 cm³/mol. The van der Waals surface area contributed by atoms with Crippen LogP contribution in [-0.2, 0) is 4.79 Å². The van der Waals surface area contributed by atoms with Crippen LogP contribution in [0.25, 0.3) is 0 Å². The number of piperidine rings is 1. The molecule has 1 heterocycles. The summed E-state index contributed by atoms with van der Waals surface area (Å²) in [5, 5.41) is 6.22. The number of carbonyl (C=O) groups excluding carboxylic acids is 1. The van der Waals surface area contributed by atoms with Crippen molar-refractivity contribution in [1.82, 2.24) is 5.32 Å². The SMILES string of the molecule is COc1ccc(NC(=O)[C@@H]2CCCNC2)cc1C. The Morgan fingerprint density at radius 1 is 1.50 bits per heavy atom. The van der Waals surface area contributed by atoms with Gasteiger partial charge in [-0.15, -0.1) is 0 Å². The maximum atomic E-state index is 12.1. The molecule has 1 aromatic rings. The summed E-state index contributed by atoms with van der Waals surface area (Å²) < 4.78 is 5.20. The first-order chi connectivity index (χ1) is 8.70. The van der Waals surface area contributed by atoms with E-state index in [1.807, 2.05) is 25.1 Å². The number of benzene rings is 1. The number of nitrogens with one attached hydrogen (secondary N) is 2. The summed E-state index contributed by atoms with van der Waals surface area (Å²) in [6.07, 6.45) is 2.04. The van der Waals surface area contributed by atoms with E-state index in [1.54, 1.807) is 7.11 Å². The summed E-state index contributed by atoms with van der Waals surface area (Å²) in [6.45, 7) is 3.77. The van der Waals surface area contributed by atoms with Crippen molar-refractivity contribution in [2.45, 2.75) is 19.8 Å². The number of carbonyl (C=O) groups is 1. The van der Waals surface area contributed by atoms with E-state index < -0.39 is 0 Å². The third kappa shape index (κ3) is 3.01. The van der Waals surface area contributed by atoms with Crippen LogP contribution in [0.1, 0.15) is 18.4 Å². The quantitative estimate of drug-likeness (QED) is 0.859. The molecule has 1 aliphatic rings. The molecule has 98 valence electrons. The Kier molecular flexibility index (Phi) is 4.20. The highest BCUT2D eigenvalue weighted by molar-refractivity contribution is 5.92. The zero-order valence-corrected chi connectivity index (χ0v) is 11.0. The Bertz CT molecular complexity index is 426. The molecule has 1 fully saturated rings. The number of anilines is 1. The molecule has 1 amide bonds. The number of rotatable bonds is 3. The van der Waals surface area contributed by atoms with Gasteiger partial charge in [-0.3, -0.25) is 4.79 Å². The zero-order valence-electron chi connectivity index (χ0n) is 11.0. The molecule has 1 saturated heterocycles. The van der Waals surface area contributed by atoms with E-state index in [0.29, 0.717) is 0 Å². The van der Waals surface area contributed by atoms with Crippen LogP contribution in [-0.4, -0.2) is 26.1 Å². The van der Waals surface area contributed by atoms with Gasteiger partial charge in [-0.2, -0.15) is 0 Å². The molecule has 0 aromatic heterocycles. The van der Waals surface area contributed by atoms with Crippen LogP contribution in [0.15, 0.2) is 18.2 Å². The Morgan fingerprint density at radius 2 is 2.33 bits per heavy atom. The maximum Gasteiger partial charge on any atom is 0.228 e. The summed E-state index contributed by atoms with van der Waals surface area (Å²) in [7, 11) is 1.65. The third-order valence-electron chi connectivity index (χ3n) is 3.33. The second-order valence-corrected chi connectivity index (χ2v) is 4.72. The summed E-state index contributed by atoms with van der Waals surface area (Å²) in [5.74, 6) is 1.03. The summed E-state index contributed by atoms with van der Waals surface area (Å²) in [4.78, 5) is 12.1. The topological polar surface area (TPSA) is 50.4 Å². The van der Waals surface area contributed by atoms with Crippen LogP contribution in [0, 0.1) is 12.8 Å². The van der Waals surface area contributed by atoms with Gasteiger partial charge < -0.3 is 15.4 Å². The van der Waals surface area contributed by atoms with Crippen LogP contribution >= 0.6 is 0 Å². The molecule has 18 heavy (non-hydrogen) atoms. The van der Waals surface area contributed by atoms with E-state index in [4.69, 9.17) is 4.74 Å². The van der Waals surface area contributed by atoms with Gasteiger partial charge in [0.15, 0.2) is 0 Å². The van der Waals surface area contributed by atoms with Crippen LogP contribution < -0.4 is 15.4 Å². The minimum Gasteiger partial charge on any atom is -0.496 e. The van der Waals surface area contributed by atoms with Crippen molar-refractivity contribution >= 4 is 11.6 Å². The van der Waals surface area contributed by atoms with Crippen LogP contribution in [0.4, 0.5) is 5.69 Å². The van der Waals surface area contributed by atoms with Crippen molar-refractivity contribution < 1.29 is 9.53 Å². The van der Waals surface area contributed by atoms with Crippen molar-refractivity contribution in [1.29, 1.82) is 0 Å². The van der Waals surface area contributed by atoms with Gasteiger partial charge in [-0.05, 0) is 50.1 Å². The van der Waals surface area contributed by atoms with Gasteiger partial charge in [-0.25, -0.2) is 0 Å². The van der Waals surface area contributed by atoms with Gasteiger partial charge in [0.05, 0.1) is 13.0 Å².